The molecule has 0 aromatic rings. The van der Waals surface area contributed by atoms with E-state index < -0.39 is 0 Å². The SMILES string of the molecule is C1=CCCC=C1.CCC(=O)C1CC1. The van der Waals surface area contributed by atoms with Gasteiger partial charge in [-0.3, -0.25) is 4.79 Å². The highest BCUT2D eigenvalue weighted by Crippen LogP contribution is 2.30. The minimum atomic E-state index is 0.458. The molecule has 0 amide bonds. The highest BCUT2D eigenvalue weighted by molar-refractivity contribution is 5.82. The number of Topliss-reactive ketones (excluding diaryl/α,β-unsaturated/α-hetero) is 1. The molecule has 72 valence electrons. The van der Waals surface area contributed by atoms with Gasteiger partial charge in [0, 0.05) is 12.3 Å². The van der Waals surface area contributed by atoms with Gasteiger partial charge in [0.2, 0.25) is 0 Å². The molecule has 0 aromatic carbocycles. The molecule has 2 rings (SSSR count). The third kappa shape index (κ3) is 4.66. The summed E-state index contributed by atoms with van der Waals surface area (Å²) in [4.78, 5) is 10.6. The quantitative estimate of drug-likeness (QED) is 0.634. The van der Waals surface area contributed by atoms with Crippen LogP contribution in [-0.2, 0) is 4.79 Å². The van der Waals surface area contributed by atoms with Gasteiger partial charge in [0.15, 0.2) is 0 Å². The van der Waals surface area contributed by atoms with Crippen LogP contribution in [0.2, 0.25) is 0 Å². The van der Waals surface area contributed by atoms with Crippen molar-refractivity contribution in [3.8, 4) is 0 Å². The highest BCUT2D eigenvalue weighted by atomic mass is 16.1. The number of hydrogen-bond donors (Lipinski definition) is 0. The van der Waals surface area contributed by atoms with Crippen LogP contribution in [0.3, 0.4) is 0 Å². The lowest BCUT2D eigenvalue weighted by Crippen LogP contribution is -1.95. The molecule has 0 heterocycles. The Morgan fingerprint density at radius 1 is 1.23 bits per heavy atom. The maximum atomic E-state index is 10.6. The molecule has 0 aromatic heterocycles. The summed E-state index contributed by atoms with van der Waals surface area (Å²) in [5.74, 6) is 0.935. The van der Waals surface area contributed by atoms with Gasteiger partial charge < -0.3 is 0 Å². The zero-order chi connectivity index (χ0) is 9.52. The molecule has 0 bridgehead atoms. The van der Waals surface area contributed by atoms with Gasteiger partial charge in [0.1, 0.15) is 5.78 Å². The molecule has 13 heavy (non-hydrogen) atoms. The van der Waals surface area contributed by atoms with E-state index in [1.54, 1.807) is 0 Å². The standard InChI is InChI=1S/C6H10O.C6H8/c1-2-6(7)5-3-4-5;1-2-4-6-5-3-1/h5H,2-4H2,1H3;1-4H,5-6H2. The summed E-state index contributed by atoms with van der Waals surface area (Å²) in [6.45, 7) is 1.93. The summed E-state index contributed by atoms with van der Waals surface area (Å²) >= 11 is 0. The Labute approximate surface area is 80.5 Å². The minimum Gasteiger partial charge on any atom is -0.299 e. The summed E-state index contributed by atoms with van der Waals surface area (Å²) in [6.07, 6.45) is 14.1. The van der Waals surface area contributed by atoms with E-state index in [-0.39, 0.29) is 0 Å². The van der Waals surface area contributed by atoms with Crippen LogP contribution in [0.1, 0.15) is 39.0 Å². The van der Waals surface area contributed by atoms with Crippen LogP contribution in [0, 0.1) is 5.92 Å². The first-order valence-electron chi connectivity index (χ1n) is 5.19. The molecule has 0 spiro atoms. The molecule has 2 aliphatic rings. The van der Waals surface area contributed by atoms with Gasteiger partial charge in [0.25, 0.3) is 0 Å². The second-order valence-electron chi connectivity index (χ2n) is 3.53. The molecular weight excluding hydrogens is 160 g/mol. The molecule has 0 N–H and O–H groups in total. The van der Waals surface area contributed by atoms with Crippen molar-refractivity contribution in [2.24, 2.45) is 5.92 Å². The number of carbonyl (C=O) groups excluding carboxylic acids is 1. The number of ketones is 1. The second kappa shape index (κ2) is 5.74. The van der Waals surface area contributed by atoms with Crippen LogP contribution < -0.4 is 0 Å². The first kappa shape index (κ1) is 10.2. The molecule has 1 saturated carbocycles. The third-order valence-electron chi connectivity index (χ3n) is 2.26. The van der Waals surface area contributed by atoms with Crippen LogP contribution in [0.5, 0.6) is 0 Å². The second-order valence-corrected chi connectivity index (χ2v) is 3.53. The molecule has 0 atom stereocenters. The van der Waals surface area contributed by atoms with E-state index in [0.29, 0.717) is 11.7 Å². The predicted octanol–water partition coefficient (Wildman–Crippen LogP) is 3.27. The zero-order valence-corrected chi connectivity index (χ0v) is 8.33. The smallest absolute Gasteiger partial charge is 0.135 e. The fourth-order valence-electron chi connectivity index (χ4n) is 1.24. The van der Waals surface area contributed by atoms with Gasteiger partial charge in [-0.05, 0) is 25.7 Å². The molecule has 0 radical (unpaired) electrons. The van der Waals surface area contributed by atoms with Crippen molar-refractivity contribution in [1.82, 2.24) is 0 Å². The Morgan fingerprint density at radius 2 is 1.77 bits per heavy atom. The molecule has 0 aliphatic heterocycles. The average Bonchev–Trinajstić information content (AvgIpc) is 3.04. The van der Waals surface area contributed by atoms with Crippen LogP contribution in [0.25, 0.3) is 0 Å². The summed E-state index contributed by atoms with van der Waals surface area (Å²) in [6, 6.07) is 0. The third-order valence-corrected chi connectivity index (χ3v) is 2.26. The lowest BCUT2D eigenvalue weighted by atomic mass is 10.2. The molecule has 1 heteroatoms. The monoisotopic (exact) mass is 178 g/mol. The maximum Gasteiger partial charge on any atom is 0.135 e. The van der Waals surface area contributed by atoms with Crippen LogP contribution >= 0.6 is 0 Å². The van der Waals surface area contributed by atoms with Gasteiger partial charge in [-0.15, -0.1) is 0 Å². The molecular formula is C12H18O. The fraction of sp³-hybridized carbons (Fsp3) is 0.583. The van der Waals surface area contributed by atoms with Gasteiger partial charge in [0.05, 0.1) is 0 Å². The van der Waals surface area contributed by atoms with Gasteiger partial charge in [-0.1, -0.05) is 31.2 Å². The van der Waals surface area contributed by atoms with E-state index >= 15 is 0 Å². The van der Waals surface area contributed by atoms with Crippen molar-refractivity contribution in [2.75, 3.05) is 0 Å². The topological polar surface area (TPSA) is 17.1 Å². The van der Waals surface area contributed by atoms with Gasteiger partial charge in [-0.25, -0.2) is 0 Å². The summed E-state index contributed by atoms with van der Waals surface area (Å²) < 4.78 is 0. The normalized spacial score (nSPS) is 19.2. The van der Waals surface area contributed by atoms with Crippen molar-refractivity contribution >= 4 is 5.78 Å². The Bertz CT molecular complexity index is 197. The zero-order valence-electron chi connectivity index (χ0n) is 8.33. The van der Waals surface area contributed by atoms with E-state index in [9.17, 15) is 4.79 Å². The number of rotatable bonds is 2. The van der Waals surface area contributed by atoms with Crippen LogP contribution in [0.4, 0.5) is 0 Å². The van der Waals surface area contributed by atoms with E-state index in [0.717, 1.165) is 19.3 Å². The van der Waals surface area contributed by atoms with Crippen LogP contribution in [0.15, 0.2) is 24.3 Å². The number of allylic oxidation sites excluding steroid dienone is 4. The summed E-state index contributed by atoms with van der Waals surface area (Å²) in [7, 11) is 0. The van der Waals surface area contributed by atoms with Crippen LogP contribution in [-0.4, -0.2) is 5.78 Å². The molecule has 1 nitrogen and oxygen atoms in total. The largest absolute Gasteiger partial charge is 0.299 e. The first-order valence-corrected chi connectivity index (χ1v) is 5.19. The van der Waals surface area contributed by atoms with Gasteiger partial charge >= 0.3 is 0 Å². The minimum absolute atomic E-state index is 0.458. The fourth-order valence-corrected chi connectivity index (χ4v) is 1.24. The van der Waals surface area contributed by atoms with Crippen molar-refractivity contribution < 1.29 is 4.79 Å². The van der Waals surface area contributed by atoms with E-state index in [2.05, 4.69) is 24.3 Å². The van der Waals surface area contributed by atoms with Crippen molar-refractivity contribution in [3.63, 3.8) is 0 Å². The Kier molecular flexibility index (Phi) is 4.52. The Balaban J connectivity index is 0.000000132. The molecule has 0 unspecified atom stereocenters. The van der Waals surface area contributed by atoms with Gasteiger partial charge in [-0.2, -0.15) is 0 Å². The highest BCUT2D eigenvalue weighted by Gasteiger charge is 2.27. The lowest BCUT2D eigenvalue weighted by molar-refractivity contribution is -0.119. The summed E-state index contributed by atoms with van der Waals surface area (Å²) in [5, 5.41) is 0. The lowest BCUT2D eigenvalue weighted by Gasteiger charge is -1.88. The molecule has 2 aliphatic carbocycles. The Hall–Kier alpha value is -0.850. The molecule has 0 saturated heterocycles. The van der Waals surface area contributed by atoms with E-state index in [1.165, 1.54) is 12.8 Å². The van der Waals surface area contributed by atoms with E-state index in [1.807, 2.05) is 6.92 Å². The Morgan fingerprint density at radius 3 is 1.92 bits per heavy atom. The predicted molar refractivity (Wildman–Crippen MR) is 55.5 cm³/mol. The molecule has 1 fully saturated rings. The van der Waals surface area contributed by atoms with Crippen molar-refractivity contribution in [2.45, 2.75) is 39.0 Å². The summed E-state index contributed by atoms with van der Waals surface area (Å²) in [5.41, 5.74) is 0. The average molecular weight is 178 g/mol. The van der Waals surface area contributed by atoms with Crippen molar-refractivity contribution in [3.05, 3.63) is 24.3 Å². The maximum absolute atomic E-state index is 10.6. The number of carbonyl (C=O) groups is 1. The van der Waals surface area contributed by atoms with Crippen molar-refractivity contribution in [1.29, 1.82) is 0 Å². The first-order chi connectivity index (χ1) is 6.34. The van der Waals surface area contributed by atoms with E-state index in [4.69, 9.17) is 0 Å². The number of hydrogen-bond acceptors (Lipinski definition) is 1.